The summed E-state index contributed by atoms with van der Waals surface area (Å²) in [5.41, 5.74) is 1.51. The van der Waals surface area contributed by atoms with Crippen molar-refractivity contribution in [3.63, 3.8) is 0 Å². The first-order valence-electron chi connectivity index (χ1n) is 7.96. The van der Waals surface area contributed by atoms with Gasteiger partial charge in [-0.1, -0.05) is 42.1 Å². The second kappa shape index (κ2) is 6.93. The normalized spacial score (nSPS) is 14.2. The number of carbonyl (C=O) groups is 3. The van der Waals surface area contributed by atoms with Gasteiger partial charge in [0.1, 0.15) is 0 Å². The number of thioether (sulfide) groups is 1. The molecule has 5 nitrogen and oxygen atoms in total. The number of carbonyl (C=O) groups excluding carboxylic acids is 3. The molecule has 1 fully saturated rings. The van der Waals surface area contributed by atoms with Crippen LogP contribution in [-0.4, -0.2) is 27.7 Å². The van der Waals surface area contributed by atoms with Crippen LogP contribution >= 0.6 is 23.1 Å². The fourth-order valence-electron chi connectivity index (χ4n) is 2.70. The largest absolute Gasteiger partial charge is 0.321 e. The summed E-state index contributed by atoms with van der Waals surface area (Å²) in [4.78, 5) is 37.6. The van der Waals surface area contributed by atoms with E-state index in [2.05, 4.69) is 5.32 Å². The Balaban J connectivity index is 1.44. The highest BCUT2D eigenvalue weighted by Crippen LogP contribution is 2.26. The molecule has 1 saturated heterocycles. The predicted molar refractivity (Wildman–Crippen MR) is 105 cm³/mol. The summed E-state index contributed by atoms with van der Waals surface area (Å²) in [6.07, 6.45) is 0. The van der Waals surface area contributed by atoms with Crippen molar-refractivity contribution in [2.75, 3.05) is 11.1 Å². The van der Waals surface area contributed by atoms with Crippen molar-refractivity contribution in [1.29, 1.82) is 0 Å². The third-order valence-electron chi connectivity index (χ3n) is 4.04. The van der Waals surface area contributed by atoms with Gasteiger partial charge >= 0.3 is 0 Å². The molecule has 130 valence electrons. The van der Waals surface area contributed by atoms with Gasteiger partial charge in [-0.25, -0.2) is 0 Å². The van der Waals surface area contributed by atoms with Gasteiger partial charge in [0.2, 0.25) is 5.91 Å². The van der Waals surface area contributed by atoms with E-state index in [4.69, 9.17) is 0 Å². The molecule has 1 N–H and O–H groups in total. The van der Waals surface area contributed by atoms with Crippen molar-refractivity contribution in [2.24, 2.45) is 0 Å². The summed E-state index contributed by atoms with van der Waals surface area (Å²) < 4.78 is 1.07. The van der Waals surface area contributed by atoms with Crippen molar-refractivity contribution < 1.29 is 14.4 Å². The van der Waals surface area contributed by atoms with Crippen LogP contribution in [0.1, 0.15) is 15.2 Å². The monoisotopic (exact) mass is 382 g/mol. The molecule has 0 saturated carbocycles. The average molecular weight is 382 g/mol. The Labute approximate surface area is 158 Å². The van der Waals surface area contributed by atoms with Crippen molar-refractivity contribution in [2.45, 2.75) is 6.54 Å². The van der Waals surface area contributed by atoms with Gasteiger partial charge in [0.15, 0.2) is 0 Å². The molecule has 0 radical (unpaired) electrons. The highest BCUT2D eigenvalue weighted by Gasteiger charge is 2.29. The number of fused-ring (bicyclic) bond motifs is 1. The first-order chi connectivity index (χ1) is 12.6. The Kier molecular flexibility index (Phi) is 4.48. The van der Waals surface area contributed by atoms with Crippen LogP contribution in [0.15, 0.2) is 54.6 Å². The molecular formula is C19H14N2O3S2. The second-order valence-corrected chi connectivity index (χ2v) is 7.84. The summed E-state index contributed by atoms with van der Waals surface area (Å²) >= 11 is 2.48. The van der Waals surface area contributed by atoms with Gasteiger partial charge in [-0.15, -0.1) is 11.3 Å². The maximum Gasteiger partial charge on any atom is 0.289 e. The van der Waals surface area contributed by atoms with Crippen LogP contribution in [-0.2, 0) is 11.3 Å². The van der Waals surface area contributed by atoms with E-state index >= 15 is 0 Å². The Morgan fingerprint density at radius 1 is 1.08 bits per heavy atom. The highest BCUT2D eigenvalue weighted by atomic mass is 32.2. The molecule has 2 heterocycles. The Morgan fingerprint density at radius 3 is 2.54 bits per heavy atom. The smallest absolute Gasteiger partial charge is 0.289 e. The molecule has 0 atom stereocenters. The van der Waals surface area contributed by atoms with Crippen LogP contribution in [0.25, 0.3) is 10.1 Å². The van der Waals surface area contributed by atoms with Crippen LogP contribution in [0.2, 0.25) is 0 Å². The van der Waals surface area contributed by atoms with E-state index in [1.54, 1.807) is 12.1 Å². The molecule has 0 unspecified atom stereocenters. The number of hydrogen-bond acceptors (Lipinski definition) is 5. The number of nitrogens with zero attached hydrogens (tertiary/aromatic N) is 1. The Morgan fingerprint density at radius 2 is 1.85 bits per heavy atom. The predicted octanol–water partition coefficient (Wildman–Crippen LogP) is 4.35. The molecular weight excluding hydrogens is 368 g/mol. The standard InChI is InChI=1S/C19H14N2O3S2/c22-17-11-25-19(24)21(17)10-12-5-7-14(8-6-12)20-18(23)16-9-13-3-1-2-4-15(13)26-16/h1-9H,10-11H2,(H,20,23). The van der Waals surface area contributed by atoms with E-state index in [0.717, 1.165) is 27.4 Å². The third kappa shape index (κ3) is 3.36. The van der Waals surface area contributed by atoms with Gasteiger partial charge in [0.05, 0.1) is 17.2 Å². The van der Waals surface area contributed by atoms with E-state index in [9.17, 15) is 14.4 Å². The number of thiophene rings is 1. The van der Waals surface area contributed by atoms with Gasteiger partial charge in [-0.3, -0.25) is 19.3 Å². The quantitative estimate of drug-likeness (QED) is 0.728. The lowest BCUT2D eigenvalue weighted by Crippen LogP contribution is -2.27. The number of imide groups is 1. The van der Waals surface area contributed by atoms with Gasteiger partial charge < -0.3 is 5.32 Å². The molecule has 7 heteroatoms. The average Bonchev–Trinajstić information content (AvgIpc) is 3.22. The van der Waals surface area contributed by atoms with Crippen molar-refractivity contribution in [3.8, 4) is 0 Å². The zero-order valence-electron chi connectivity index (χ0n) is 13.6. The van der Waals surface area contributed by atoms with Gasteiger partial charge in [0, 0.05) is 10.4 Å². The van der Waals surface area contributed by atoms with E-state index in [1.807, 2.05) is 42.5 Å². The SMILES string of the molecule is O=C(Nc1ccc(CN2C(=O)CSC2=O)cc1)c1cc2ccccc2s1. The molecule has 4 rings (SSSR count). The number of benzene rings is 2. The minimum atomic E-state index is -0.211. The lowest BCUT2D eigenvalue weighted by atomic mass is 10.2. The highest BCUT2D eigenvalue weighted by molar-refractivity contribution is 8.14. The zero-order chi connectivity index (χ0) is 18.1. The molecule has 1 aromatic heterocycles. The van der Waals surface area contributed by atoms with E-state index in [-0.39, 0.29) is 29.4 Å². The lowest BCUT2D eigenvalue weighted by molar-refractivity contribution is -0.125. The summed E-state index contributed by atoms with van der Waals surface area (Å²) in [6, 6.07) is 16.9. The van der Waals surface area contributed by atoms with E-state index < -0.39 is 0 Å². The number of amides is 3. The number of nitrogens with one attached hydrogen (secondary N) is 1. The molecule has 0 spiro atoms. The zero-order valence-corrected chi connectivity index (χ0v) is 15.2. The Hall–Kier alpha value is -2.64. The second-order valence-electron chi connectivity index (χ2n) is 5.83. The van der Waals surface area contributed by atoms with Crippen LogP contribution in [0.4, 0.5) is 10.5 Å². The summed E-state index contributed by atoms with van der Waals surface area (Å²) in [5, 5.41) is 3.72. The van der Waals surface area contributed by atoms with Crippen LogP contribution in [0, 0.1) is 0 Å². The number of anilines is 1. The summed E-state index contributed by atoms with van der Waals surface area (Å²) in [6.45, 7) is 0.259. The fraction of sp³-hybridized carbons (Fsp3) is 0.105. The van der Waals surface area contributed by atoms with E-state index in [1.165, 1.54) is 16.2 Å². The molecule has 3 aromatic rings. The van der Waals surface area contributed by atoms with Crippen molar-refractivity contribution in [3.05, 3.63) is 65.0 Å². The van der Waals surface area contributed by atoms with Crippen molar-refractivity contribution in [1.82, 2.24) is 4.90 Å². The molecule has 2 aromatic carbocycles. The van der Waals surface area contributed by atoms with Crippen LogP contribution in [0.5, 0.6) is 0 Å². The maximum absolute atomic E-state index is 12.4. The number of rotatable bonds is 4. The summed E-state index contributed by atoms with van der Waals surface area (Å²) in [5.74, 6) is -0.107. The van der Waals surface area contributed by atoms with Crippen LogP contribution in [0.3, 0.4) is 0 Å². The third-order valence-corrected chi connectivity index (χ3v) is 6.02. The lowest BCUT2D eigenvalue weighted by Gasteiger charge is -2.13. The molecule has 0 aliphatic carbocycles. The molecule has 1 aliphatic heterocycles. The van der Waals surface area contributed by atoms with Gasteiger partial charge in [-0.05, 0) is 35.2 Å². The fourth-order valence-corrected chi connectivity index (χ4v) is 4.38. The minimum Gasteiger partial charge on any atom is -0.321 e. The summed E-state index contributed by atoms with van der Waals surface area (Å²) in [7, 11) is 0. The van der Waals surface area contributed by atoms with Gasteiger partial charge in [-0.2, -0.15) is 0 Å². The Bertz CT molecular complexity index is 962. The van der Waals surface area contributed by atoms with Crippen LogP contribution < -0.4 is 5.32 Å². The van der Waals surface area contributed by atoms with Gasteiger partial charge in [0.25, 0.3) is 11.1 Å². The topological polar surface area (TPSA) is 66.5 Å². The van der Waals surface area contributed by atoms with Crippen molar-refractivity contribution >= 4 is 55.9 Å². The molecule has 0 bridgehead atoms. The first kappa shape index (κ1) is 16.8. The maximum atomic E-state index is 12.4. The number of hydrogen-bond donors (Lipinski definition) is 1. The molecule has 1 aliphatic rings. The van der Waals surface area contributed by atoms with E-state index in [0.29, 0.717) is 10.6 Å². The molecule has 26 heavy (non-hydrogen) atoms. The minimum absolute atomic E-state index is 0.153. The molecule has 3 amide bonds. The first-order valence-corrected chi connectivity index (χ1v) is 9.76.